The van der Waals surface area contributed by atoms with Crippen molar-refractivity contribution in [3.05, 3.63) is 34.4 Å². The number of non-ortho nitro benzene ring substituents is 1. The van der Waals surface area contributed by atoms with Crippen LogP contribution >= 0.6 is 0 Å². The summed E-state index contributed by atoms with van der Waals surface area (Å²) in [5.41, 5.74) is 1.11. The third-order valence-corrected chi connectivity index (χ3v) is 3.20. The molecule has 0 radical (unpaired) electrons. The highest BCUT2D eigenvalue weighted by molar-refractivity contribution is 5.51. The molecule has 0 unspecified atom stereocenters. The van der Waals surface area contributed by atoms with Gasteiger partial charge in [-0.2, -0.15) is 0 Å². The molecule has 92 valence electrons. The molecule has 1 atom stereocenters. The molecule has 1 fully saturated rings. The fourth-order valence-electron chi connectivity index (χ4n) is 2.23. The maximum atomic E-state index is 10.5. The van der Waals surface area contributed by atoms with Crippen molar-refractivity contribution < 1.29 is 10.0 Å². The molecule has 1 aromatic carbocycles. The topological polar surface area (TPSA) is 66.6 Å². The summed E-state index contributed by atoms with van der Waals surface area (Å²) in [7, 11) is 0. The molecule has 1 aromatic rings. The molecule has 17 heavy (non-hydrogen) atoms. The number of aliphatic hydroxyl groups is 1. The van der Waals surface area contributed by atoms with Gasteiger partial charge in [-0.05, 0) is 30.9 Å². The number of rotatable bonds is 3. The second-order valence-corrected chi connectivity index (χ2v) is 4.41. The summed E-state index contributed by atoms with van der Waals surface area (Å²) in [5, 5.41) is 19.7. The summed E-state index contributed by atoms with van der Waals surface area (Å²) in [6, 6.07) is 6.60. The van der Waals surface area contributed by atoms with Gasteiger partial charge >= 0.3 is 0 Å². The number of hydrogen-bond acceptors (Lipinski definition) is 4. The molecule has 5 nitrogen and oxygen atoms in total. The molecule has 1 aliphatic heterocycles. The van der Waals surface area contributed by atoms with E-state index in [1.54, 1.807) is 12.1 Å². The second-order valence-electron chi connectivity index (χ2n) is 4.41. The van der Waals surface area contributed by atoms with Gasteiger partial charge in [-0.15, -0.1) is 0 Å². The Kier molecular flexibility index (Phi) is 3.58. The summed E-state index contributed by atoms with van der Waals surface area (Å²) < 4.78 is 0. The van der Waals surface area contributed by atoms with Gasteiger partial charge in [-0.25, -0.2) is 0 Å². The smallest absolute Gasteiger partial charge is 0.269 e. The molecular formula is C12H16N2O3. The molecule has 5 heteroatoms. The predicted octanol–water partition coefficient (Wildman–Crippen LogP) is 1.80. The first-order valence-corrected chi connectivity index (χ1v) is 5.81. The van der Waals surface area contributed by atoms with E-state index in [1.165, 1.54) is 12.1 Å². The average Bonchev–Trinajstić information content (AvgIpc) is 2.39. The number of anilines is 1. The molecular weight excluding hydrogens is 220 g/mol. The van der Waals surface area contributed by atoms with Crippen LogP contribution in [0.4, 0.5) is 11.4 Å². The number of aliphatic hydroxyl groups excluding tert-OH is 1. The van der Waals surface area contributed by atoms with Gasteiger partial charge in [0.25, 0.3) is 5.69 Å². The Morgan fingerprint density at radius 1 is 1.41 bits per heavy atom. The van der Waals surface area contributed by atoms with Gasteiger partial charge in [0.15, 0.2) is 0 Å². The first-order valence-electron chi connectivity index (χ1n) is 5.81. The Bertz CT molecular complexity index is 391. The van der Waals surface area contributed by atoms with Crippen molar-refractivity contribution in [3.8, 4) is 0 Å². The molecule has 0 spiro atoms. The zero-order chi connectivity index (χ0) is 12.3. The molecule has 0 aromatic heterocycles. The molecule has 0 aliphatic carbocycles. The highest BCUT2D eigenvalue weighted by atomic mass is 16.6. The fraction of sp³-hybridized carbons (Fsp3) is 0.500. The standard InChI is InChI=1S/C12H16N2O3/c15-9-10-2-1-7-13(8-10)11-3-5-12(6-4-11)14(16)17/h3-6,10,15H,1-2,7-9H2/t10-/m0/s1. The lowest BCUT2D eigenvalue weighted by molar-refractivity contribution is -0.384. The van der Waals surface area contributed by atoms with E-state index in [1.807, 2.05) is 0 Å². The second kappa shape index (κ2) is 5.14. The molecule has 0 bridgehead atoms. The average molecular weight is 236 g/mol. The Morgan fingerprint density at radius 3 is 2.71 bits per heavy atom. The number of hydrogen-bond donors (Lipinski definition) is 1. The van der Waals surface area contributed by atoms with Gasteiger partial charge < -0.3 is 10.0 Å². The lowest BCUT2D eigenvalue weighted by atomic mass is 9.98. The van der Waals surface area contributed by atoms with Gasteiger partial charge in [0, 0.05) is 37.5 Å². The Labute approximate surface area is 99.8 Å². The Morgan fingerprint density at radius 2 is 2.12 bits per heavy atom. The fourth-order valence-corrected chi connectivity index (χ4v) is 2.23. The minimum atomic E-state index is -0.392. The van der Waals surface area contributed by atoms with Crippen molar-refractivity contribution in [2.75, 3.05) is 24.6 Å². The number of benzene rings is 1. The van der Waals surface area contributed by atoms with Crippen LogP contribution in [0, 0.1) is 16.0 Å². The van der Waals surface area contributed by atoms with E-state index < -0.39 is 4.92 Å². The number of nitrogens with zero attached hydrogens (tertiary/aromatic N) is 2. The summed E-state index contributed by atoms with van der Waals surface area (Å²) >= 11 is 0. The molecule has 1 N–H and O–H groups in total. The molecule has 1 heterocycles. The van der Waals surface area contributed by atoms with E-state index >= 15 is 0 Å². The van der Waals surface area contributed by atoms with Crippen LogP contribution in [-0.4, -0.2) is 29.7 Å². The van der Waals surface area contributed by atoms with Crippen LogP contribution in [0.3, 0.4) is 0 Å². The zero-order valence-electron chi connectivity index (χ0n) is 9.58. The number of nitro groups is 1. The van der Waals surface area contributed by atoms with Gasteiger partial charge in [-0.3, -0.25) is 10.1 Å². The molecule has 1 aliphatic rings. The normalized spacial score (nSPS) is 20.3. The number of nitro benzene ring substituents is 1. The summed E-state index contributed by atoms with van der Waals surface area (Å²) in [5.74, 6) is 0.318. The van der Waals surface area contributed by atoms with Crippen LogP contribution in [-0.2, 0) is 0 Å². The monoisotopic (exact) mass is 236 g/mol. The summed E-state index contributed by atoms with van der Waals surface area (Å²) in [6.45, 7) is 1.99. The van der Waals surface area contributed by atoms with Crippen molar-refractivity contribution in [3.63, 3.8) is 0 Å². The van der Waals surface area contributed by atoms with Crippen LogP contribution in [0.25, 0.3) is 0 Å². The van der Waals surface area contributed by atoms with Crippen LogP contribution in [0.15, 0.2) is 24.3 Å². The first kappa shape index (κ1) is 11.9. The molecule has 0 saturated carbocycles. The maximum Gasteiger partial charge on any atom is 0.269 e. The highest BCUT2D eigenvalue weighted by Gasteiger charge is 2.19. The van der Waals surface area contributed by atoms with E-state index in [-0.39, 0.29) is 12.3 Å². The van der Waals surface area contributed by atoms with Crippen LogP contribution in [0.2, 0.25) is 0 Å². The van der Waals surface area contributed by atoms with Gasteiger partial charge in [0.05, 0.1) is 4.92 Å². The predicted molar refractivity (Wildman–Crippen MR) is 65.1 cm³/mol. The Balaban J connectivity index is 2.08. The zero-order valence-corrected chi connectivity index (χ0v) is 9.58. The first-order chi connectivity index (χ1) is 8.20. The molecule has 1 saturated heterocycles. The quantitative estimate of drug-likeness (QED) is 0.642. The van der Waals surface area contributed by atoms with E-state index in [2.05, 4.69) is 4.90 Å². The third kappa shape index (κ3) is 2.74. The van der Waals surface area contributed by atoms with E-state index in [0.29, 0.717) is 5.92 Å². The molecule has 2 rings (SSSR count). The summed E-state index contributed by atoms with van der Waals surface area (Å²) in [4.78, 5) is 12.3. The highest BCUT2D eigenvalue weighted by Crippen LogP contribution is 2.24. The van der Waals surface area contributed by atoms with Crippen molar-refractivity contribution >= 4 is 11.4 Å². The largest absolute Gasteiger partial charge is 0.396 e. The number of piperidine rings is 1. The summed E-state index contributed by atoms with van der Waals surface area (Å²) in [6.07, 6.45) is 2.11. The van der Waals surface area contributed by atoms with Crippen molar-refractivity contribution in [1.82, 2.24) is 0 Å². The lowest BCUT2D eigenvalue weighted by Crippen LogP contribution is -2.36. The third-order valence-electron chi connectivity index (χ3n) is 3.20. The van der Waals surface area contributed by atoms with Gasteiger partial charge in [0.1, 0.15) is 0 Å². The minimum absolute atomic E-state index is 0.115. The van der Waals surface area contributed by atoms with Gasteiger partial charge in [0.2, 0.25) is 0 Å². The SMILES string of the molecule is O=[N+]([O-])c1ccc(N2CCC[C@H](CO)C2)cc1. The Hall–Kier alpha value is -1.62. The maximum absolute atomic E-state index is 10.5. The van der Waals surface area contributed by atoms with Crippen LogP contribution < -0.4 is 4.90 Å². The van der Waals surface area contributed by atoms with E-state index in [4.69, 9.17) is 5.11 Å². The lowest BCUT2D eigenvalue weighted by Gasteiger charge is -2.33. The van der Waals surface area contributed by atoms with Crippen molar-refractivity contribution in [2.45, 2.75) is 12.8 Å². The van der Waals surface area contributed by atoms with Gasteiger partial charge in [-0.1, -0.05) is 0 Å². The van der Waals surface area contributed by atoms with Crippen LogP contribution in [0.1, 0.15) is 12.8 Å². The molecule has 0 amide bonds. The van der Waals surface area contributed by atoms with Crippen molar-refractivity contribution in [2.24, 2.45) is 5.92 Å². The van der Waals surface area contributed by atoms with E-state index in [0.717, 1.165) is 31.6 Å². The van der Waals surface area contributed by atoms with Crippen molar-refractivity contribution in [1.29, 1.82) is 0 Å². The van der Waals surface area contributed by atoms with E-state index in [9.17, 15) is 10.1 Å². The van der Waals surface area contributed by atoms with Crippen LogP contribution in [0.5, 0.6) is 0 Å². The minimum Gasteiger partial charge on any atom is -0.396 e.